The number of Topliss-reactive ketones (excluding diaryl/α,β-unsaturated/α-hetero) is 1. The first-order valence-electron chi connectivity index (χ1n) is 8.53. The van der Waals surface area contributed by atoms with Crippen molar-refractivity contribution in [1.29, 1.82) is 0 Å². The van der Waals surface area contributed by atoms with Crippen LogP contribution in [-0.4, -0.2) is 38.7 Å². The van der Waals surface area contributed by atoms with Crippen molar-refractivity contribution in [3.63, 3.8) is 0 Å². The normalized spacial score (nSPS) is 15.6. The zero-order valence-corrected chi connectivity index (χ0v) is 14.2. The van der Waals surface area contributed by atoms with Crippen molar-refractivity contribution in [3.8, 4) is 11.3 Å². The monoisotopic (exact) mass is 336 g/mol. The van der Waals surface area contributed by atoms with Crippen LogP contribution in [0, 0.1) is 5.92 Å². The summed E-state index contributed by atoms with van der Waals surface area (Å²) < 4.78 is 7.09. The Morgan fingerprint density at radius 2 is 1.96 bits per heavy atom. The number of pyridine rings is 2. The van der Waals surface area contributed by atoms with Crippen LogP contribution in [0.2, 0.25) is 0 Å². The number of nitrogens with zero attached hydrogens (tertiary/aromatic N) is 4. The van der Waals surface area contributed by atoms with Crippen molar-refractivity contribution in [2.24, 2.45) is 13.0 Å². The topological polar surface area (TPSA) is 69.9 Å². The Bertz CT molecular complexity index is 913. The maximum Gasteiger partial charge on any atom is 0.142 e. The van der Waals surface area contributed by atoms with E-state index in [4.69, 9.17) is 4.74 Å². The van der Waals surface area contributed by atoms with Gasteiger partial charge in [-0.2, -0.15) is 5.10 Å². The summed E-state index contributed by atoms with van der Waals surface area (Å²) in [4.78, 5) is 21.4. The number of ketones is 1. The molecule has 1 saturated heterocycles. The first kappa shape index (κ1) is 15.9. The predicted molar refractivity (Wildman–Crippen MR) is 94.0 cm³/mol. The van der Waals surface area contributed by atoms with Crippen LogP contribution in [0.5, 0.6) is 0 Å². The van der Waals surface area contributed by atoms with Gasteiger partial charge >= 0.3 is 0 Å². The molecule has 128 valence electrons. The predicted octanol–water partition coefficient (Wildman–Crippen LogP) is 2.57. The smallest absolute Gasteiger partial charge is 0.142 e. The number of ether oxygens (including phenoxy) is 1. The van der Waals surface area contributed by atoms with E-state index in [1.165, 1.54) is 0 Å². The van der Waals surface area contributed by atoms with Crippen LogP contribution in [0.3, 0.4) is 0 Å². The molecule has 0 N–H and O–H groups in total. The van der Waals surface area contributed by atoms with Gasteiger partial charge in [0.1, 0.15) is 5.78 Å². The zero-order chi connectivity index (χ0) is 17.2. The van der Waals surface area contributed by atoms with Gasteiger partial charge in [-0.15, -0.1) is 0 Å². The molecule has 0 amide bonds. The number of carbonyl (C=O) groups excluding carboxylic acids is 1. The summed E-state index contributed by atoms with van der Waals surface area (Å²) >= 11 is 0. The van der Waals surface area contributed by atoms with Gasteiger partial charge in [-0.1, -0.05) is 0 Å². The molecule has 0 bridgehead atoms. The summed E-state index contributed by atoms with van der Waals surface area (Å²) in [6, 6.07) is 4.02. The van der Waals surface area contributed by atoms with Gasteiger partial charge in [-0.05, 0) is 30.4 Å². The molecule has 4 rings (SSSR count). The van der Waals surface area contributed by atoms with Crippen molar-refractivity contribution >= 4 is 16.6 Å². The van der Waals surface area contributed by atoms with Crippen LogP contribution in [0.1, 0.15) is 18.5 Å². The van der Waals surface area contributed by atoms with Gasteiger partial charge in [-0.25, -0.2) is 0 Å². The number of aryl methyl sites for hydroxylation is 1. The fourth-order valence-corrected chi connectivity index (χ4v) is 3.23. The summed E-state index contributed by atoms with van der Waals surface area (Å²) in [5, 5.41) is 6.20. The van der Waals surface area contributed by atoms with E-state index in [-0.39, 0.29) is 11.7 Å². The first-order chi connectivity index (χ1) is 12.2. The maximum absolute atomic E-state index is 12.5. The third kappa shape index (κ3) is 3.44. The minimum absolute atomic E-state index is 0.106. The van der Waals surface area contributed by atoms with Gasteiger partial charge in [0, 0.05) is 67.8 Å². The van der Waals surface area contributed by atoms with Crippen LogP contribution >= 0.6 is 0 Å². The standard InChI is InChI=1S/C19H20N4O2/c1-23-12-16(11-22-23)18-7-14-6-17(20-9-15(14)10-21-18)8-19(24)13-2-4-25-5-3-13/h6-7,9-13H,2-5,8H2,1H3. The number of hydrogen-bond donors (Lipinski definition) is 0. The van der Waals surface area contributed by atoms with E-state index in [0.29, 0.717) is 19.6 Å². The van der Waals surface area contributed by atoms with E-state index in [9.17, 15) is 4.79 Å². The maximum atomic E-state index is 12.5. The lowest BCUT2D eigenvalue weighted by atomic mass is 9.92. The highest BCUT2D eigenvalue weighted by Gasteiger charge is 2.22. The quantitative estimate of drug-likeness (QED) is 0.732. The average molecular weight is 336 g/mol. The van der Waals surface area contributed by atoms with Crippen molar-refractivity contribution in [2.45, 2.75) is 19.3 Å². The summed E-state index contributed by atoms with van der Waals surface area (Å²) in [5.74, 6) is 0.367. The molecule has 25 heavy (non-hydrogen) atoms. The highest BCUT2D eigenvalue weighted by atomic mass is 16.5. The third-order valence-electron chi connectivity index (χ3n) is 4.69. The molecule has 1 aliphatic heterocycles. The van der Waals surface area contributed by atoms with Crippen LogP contribution in [-0.2, 0) is 23.0 Å². The summed E-state index contributed by atoms with van der Waals surface area (Å²) in [6.45, 7) is 1.36. The second-order valence-electron chi connectivity index (χ2n) is 6.52. The molecule has 0 spiro atoms. The van der Waals surface area contributed by atoms with Crippen LogP contribution in [0.15, 0.2) is 36.9 Å². The molecular formula is C19H20N4O2. The SMILES string of the molecule is Cn1cc(-c2cc3cc(CC(=O)C4CCOCC4)ncc3cn2)cn1. The van der Waals surface area contributed by atoms with E-state index in [1.807, 2.05) is 31.6 Å². The van der Waals surface area contributed by atoms with Gasteiger partial charge in [0.15, 0.2) is 0 Å². The van der Waals surface area contributed by atoms with Crippen LogP contribution in [0.25, 0.3) is 22.0 Å². The molecule has 6 heteroatoms. The fraction of sp³-hybridized carbons (Fsp3) is 0.368. The van der Waals surface area contributed by atoms with E-state index >= 15 is 0 Å². The largest absolute Gasteiger partial charge is 0.381 e. The first-order valence-corrected chi connectivity index (χ1v) is 8.53. The Kier molecular flexibility index (Phi) is 4.28. The summed E-state index contributed by atoms with van der Waals surface area (Å²) in [5.41, 5.74) is 2.65. The van der Waals surface area contributed by atoms with Crippen LogP contribution in [0.4, 0.5) is 0 Å². The van der Waals surface area contributed by atoms with Gasteiger partial charge in [-0.3, -0.25) is 19.4 Å². The number of aromatic nitrogens is 4. The highest BCUT2D eigenvalue weighted by Crippen LogP contribution is 2.23. The number of carbonyl (C=O) groups is 1. The molecule has 1 fully saturated rings. The molecule has 3 aromatic heterocycles. The van der Waals surface area contributed by atoms with Gasteiger partial charge in [0.25, 0.3) is 0 Å². The lowest BCUT2D eigenvalue weighted by Gasteiger charge is -2.20. The lowest BCUT2D eigenvalue weighted by Crippen LogP contribution is -2.24. The Balaban J connectivity index is 1.59. The Morgan fingerprint density at radius 1 is 1.16 bits per heavy atom. The second kappa shape index (κ2) is 6.72. The fourth-order valence-electron chi connectivity index (χ4n) is 3.23. The molecule has 0 aromatic carbocycles. The van der Waals surface area contributed by atoms with Crippen molar-refractivity contribution < 1.29 is 9.53 Å². The van der Waals surface area contributed by atoms with Crippen molar-refractivity contribution in [3.05, 3.63) is 42.6 Å². The zero-order valence-electron chi connectivity index (χ0n) is 14.2. The van der Waals surface area contributed by atoms with Crippen molar-refractivity contribution in [2.75, 3.05) is 13.2 Å². The minimum Gasteiger partial charge on any atom is -0.381 e. The third-order valence-corrected chi connectivity index (χ3v) is 4.69. The molecule has 0 unspecified atom stereocenters. The molecule has 0 saturated carbocycles. The average Bonchev–Trinajstić information content (AvgIpc) is 3.08. The van der Waals surface area contributed by atoms with E-state index in [1.54, 1.807) is 17.1 Å². The molecule has 3 aromatic rings. The summed E-state index contributed by atoms with van der Waals surface area (Å²) in [6.07, 6.45) is 9.36. The highest BCUT2D eigenvalue weighted by molar-refractivity contribution is 5.87. The van der Waals surface area contributed by atoms with Gasteiger partial charge in [0.2, 0.25) is 0 Å². The Hall–Kier alpha value is -2.60. The van der Waals surface area contributed by atoms with Gasteiger partial charge < -0.3 is 4.74 Å². The Morgan fingerprint density at radius 3 is 2.72 bits per heavy atom. The molecule has 4 heterocycles. The minimum atomic E-state index is 0.106. The summed E-state index contributed by atoms with van der Waals surface area (Å²) in [7, 11) is 1.88. The molecule has 0 radical (unpaired) electrons. The molecule has 0 atom stereocenters. The van der Waals surface area contributed by atoms with E-state index < -0.39 is 0 Å². The lowest BCUT2D eigenvalue weighted by molar-refractivity contribution is -0.125. The molecular weight excluding hydrogens is 316 g/mol. The van der Waals surface area contributed by atoms with Crippen molar-refractivity contribution in [1.82, 2.24) is 19.7 Å². The molecule has 6 nitrogen and oxygen atoms in total. The number of hydrogen-bond acceptors (Lipinski definition) is 5. The van der Waals surface area contributed by atoms with Gasteiger partial charge in [0.05, 0.1) is 11.9 Å². The Labute approximate surface area is 145 Å². The van der Waals surface area contributed by atoms with Crippen LogP contribution < -0.4 is 0 Å². The number of rotatable bonds is 4. The van der Waals surface area contributed by atoms with E-state index in [2.05, 4.69) is 15.1 Å². The van der Waals surface area contributed by atoms with E-state index in [0.717, 1.165) is 40.6 Å². The second-order valence-corrected chi connectivity index (χ2v) is 6.52. The molecule has 0 aliphatic carbocycles. The molecule has 1 aliphatic rings. The number of fused-ring (bicyclic) bond motifs is 1.